The Labute approximate surface area is 168 Å². The molecule has 5 heteroatoms. The molecule has 0 aliphatic carbocycles. The van der Waals surface area contributed by atoms with E-state index in [4.69, 9.17) is 14.2 Å². The predicted molar refractivity (Wildman–Crippen MR) is 106 cm³/mol. The highest BCUT2D eigenvalue weighted by atomic mass is 19.2. The monoisotopic (exact) mass is 394 g/mol. The Bertz CT molecular complexity index is 1060. The summed E-state index contributed by atoms with van der Waals surface area (Å²) >= 11 is 0. The molecule has 0 saturated carbocycles. The molecule has 0 atom stereocenters. The minimum atomic E-state index is -0.862. The number of halogens is 2. The predicted octanol–water partition coefficient (Wildman–Crippen LogP) is 4.83. The van der Waals surface area contributed by atoms with E-state index in [9.17, 15) is 8.78 Å². The van der Waals surface area contributed by atoms with Crippen LogP contribution < -0.4 is 0 Å². The Balaban J connectivity index is 1.45. The van der Waals surface area contributed by atoms with E-state index < -0.39 is 11.6 Å². The molecule has 0 radical (unpaired) electrons. The highest BCUT2D eigenvalue weighted by Gasteiger charge is 2.23. The molecule has 0 aromatic heterocycles. The average Bonchev–Trinajstić information content (AvgIpc) is 2.74. The van der Waals surface area contributed by atoms with Gasteiger partial charge < -0.3 is 14.2 Å². The minimum absolute atomic E-state index is 0.258. The molecule has 4 rings (SSSR count). The third kappa shape index (κ3) is 4.63. The van der Waals surface area contributed by atoms with Gasteiger partial charge in [0.05, 0.1) is 19.8 Å². The Kier molecular flexibility index (Phi) is 5.86. The van der Waals surface area contributed by atoms with Crippen LogP contribution in [0.25, 0.3) is 10.8 Å². The number of benzene rings is 3. The van der Waals surface area contributed by atoms with E-state index in [0.717, 1.165) is 16.7 Å². The molecule has 1 aliphatic heterocycles. The van der Waals surface area contributed by atoms with Gasteiger partial charge in [0.15, 0.2) is 17.9 Å². The fourth-order valence-corrected chi connectivity index (χ4v) is 3.26. The van der Waals surface area contributed by atoms with Crippen molar-refractivity contribution < 1.29 is 23.0 Å². The summed E-state index contributed by atoms with van der Waals surface area (Å²) in [5.41, 5.74) is 2.51. The van der Waals surface area contributed by atoms with Crippen LogP contribution in [-0.4, -0.2) is 26.9 Å². The van der Waals surface area contributed by atoms with Crippen LogP contribution in [-0.2, 0) is 14.2 Å². The maximum absolute atomic E-state index is 13.4. The molecule has 1 saturated heterocycles. The van der Waals surface area contributed by atoms with Crippen LogP contribution >= 0.6 is 0 Å². The van der Waals surface area contributed by atoms with Crippen molar-refractivity contribution in [2.24, 2.45) is 5.92 Å². The number of rotatable bonds is 3. The third-order valence-electron chi connectivity index (χ3n) is 4.78. The zero-order chi connectivity index (χ0) is 20.2. The molecule has 1 heterocycles. The molecule has 0 bridgehead atoms. The summed E-state index contributed by atoms with van der Waals surface area (Å²) in [6, 6.07) is 15.3. The number of hydrogen-bond donors (Lipinski definition) is 0. The van der Waals surface area contributed by atoms with E-state index in [1.165, 1.54) is 12.1 Å². The fourth-order valence-electron chi connectivity index (χ4n) is 3.26. The summed E-state index contributed by atoms with van der Waals surface area (Å²) in [6.07, 6.45) is -0.374. The molecule has 0 unspecified atom stereocenters. The zero-order valence-electron chi connectivity index (χ0n) is 16.0. The van der Waals surface area contributed by atoms with Gasteiger partial charge in [-0.15, -0.1) is 0 Å². The molecule has 3 aromatic carbocycles. The van der Waals surface area contributed by atoms with Crippen LogP contribution in [0.3, 0.4) is 0 Å². The molecule has 3 aromatic rings. The summed E-state index contributed by atoms with van der Waals surface area (Å²) in [4.78, 5) is 0. The van der Waals surface area contributed by atoms with Crippen LogP contribution in [0.4, 0.5) is 8.78 Å². The van der Waals surface area contributed by atoms with Crippen LogP contribution in [0.1, 0.15) is 23.0 Å². The van der Waals surface area contributed by atoms with Crippen molar-refractivity contribution >= 4 is 10.8 Å². The SMILES string of the molecule is COCC1COC(c2ccc(C#Cc3ccc4cc(F)c(F)cc4c3)cc2)OC1. The molecule has 0 spiro atoms. The Morgan fingerprint density at radius 2 is 1.48 bits per heavy atom. The summed E-state index contributed by atoms with van der Waals surface area (Å²) in [7, 11) is 1.67. The average molecular weight is 394 g/mol. The summed E-state index contributed by atoms with van der Waals surface area (Å²) < 4.78 is 43.4. The lowest BCUT2D eigenvalue weighted by atomic mass is 10.1. The second kappa shape index (κ2) is 8.71. The van der Waals surface area contributed by atoms with Gasteiger partial charge in [-0.05, 0) is 47.2 Å². The second-order valence-corrected chi connectivity index (χ2v) is 7.02. The van der Waals surface area contributed by atoms with Gasteiger partial charge in [0.2, 0.25) is 0 Å². The van der Waals surface area contributed by atoms with Crippen molar-refractivity contribution in [3.05, 3.63) is 82.9 Å². The van der Waals surface area contributed by atoms with Gasteiger partial charge in [0.1, 0.15) is 0 Å². The maximum atomic E-state index is 13.4. The van der Waals surface area contributed by atoms with Crippen LogP contribution in [0, 0.1) is 29.4 Å². The van der Waals surface area contributed by atoms with Gasteiger partial charge in [-0.1, -0.05) is 30.0 Å². The number of methoxy groups -OCH3 is 1. The molecule has 148 valence electrons. The van der Waals surface area contributed by atoms with Crippen LogP contribution in [0.5, 0.6) is 0 Å². The molecule has 29 heavy (non-hydrogen) atoms. The van der Waals surface area contributed by atoms with Crippen LogP contribution in [0.2, 0.25) is 0 Å². The number of ether oxygens (including phenoxy) is 3. The minimum Gasteiger partial charge on any atom is -0.384 e. The Morgan fingerprint density at radius 3 is 2.17 bits per heavy atom. The molecular weight excluding hydrogens is 374 g/mol. The van der Waals surface area contributed by atoms with E-state index in [0.29, 0.717) is 30.6 Å². The van der Waals surface area contributed by atoms with E-state index >= 15 is 0 Å². The van der Waals surface area contributed by atoms with Crippen molar-refractivity contribution in [1.29, 1.82) is 0 Å². The van der Waals surface area contributed by atoms with Gasteiger partial charge in [-0.2, -0.15) is 0 Å². The molecule has 1 fully saturated rings. The quantitative estimate of drug-likeness (QED) is 0.596. The van der Waals surface area contributed by atoms with E-state index in [2.05, 4.69) is 11.8 Å². The van der Waals surface area contributed by atoms with E-state index in [1.54, 1.807) is 25.3 Å². The first-order valence-electron chi connectivity index (χ1n) is 9.35. The van der Waals surface area contributed by atoms with Crippen molar-refractivity contribution in [1.82, 2.24) is 0 Å². The number of hydrogen-bond acceptors (Lipinski definition) is 3. The van der Waals surface area contributed by atoms with Gasteiger partial charge in [-0.3, -0.25) is 0 Å². The topological polar surface area (TPSA) is 27.7 Å². The van der Waals surface area contributed by atoms with E-state index in [1.807, 2.05) is 24.3 Å². The first-order valence-corrected chi connectivity index (χ1v) is 9.35. The van der Waals surface area contributed by atoms with Crippen molar-refractivity contribution in [2.45, 2.75) is 6.29 Å². The van der Waals surface area contributed by atoms with Crippen LogP contribution in [0.15, 0.2) is 54.6 Å². The molecule has 1 aliphatic rings. The lowest BCUT2D eigenvalue weighted by Crippen LogP contribution is -2.29. The standard InChI is InChI=1S/C24H20F2O3/c1-27-13-18-14-28-24(29-15-18)19-7-4-16(5-8-19)2-3-17-6-9-20-11-22(25)23(26)12-21(20)10-17/h4-12,18,24H,13-15H2,1H3. The van der Waals surface area contributed by atoms with Crippen molar-refractivity contribution in [3.63, 3.8) is 0 Å². The largest absolute Gasteiger partial charge is 0.384 e. The fraction of sp³-hybridized carbons (Fsp3) is 0.250. The molecule has 0 N–H and O–H groups in total. The van der Waals surface area contributed by atoms with Crippen molar-refractivity contribution in [3.8, 4) is 11.8 Å². The zero-order valence-corrected chi connectivity index (χ0v) is 16.0. The summed E-state index contributed by atoms with van der Waals surface area (Å²) in [5.74, 6) is 4.70. The first-order chi connectivity index (χ1) is 14.1. The lowest BCUT2D eigenvalue weighted by Gasteiger charge is -2.29. The Hall–Kier alpha value is -2.78. The van der Waals surface area contributed by atoms with E-state index in [-0.39, 0.29) is 12.2 Å². The van der Waals surface area contributed by atoms with Gasteiger partial charge >= 0.3 is 0 Å². The highest BCUT2D eigenvalue weighted by Crippen LogP contribution is 2.25. The normalized spacial score (nSPS) is 19.0. The highest BCUT2D eigenvalue weighted by molar-refractivity contribution is 5.84. The summed E-state index contributed by atoms with van der Waals surface area (Å²) in [6.45, 7) is 1.83. The summed E-state index contributed by atoms with van der Waals surface area (Å²) in [5, 5.41) is 1.25. The van der Waals surface area contributed by atoms with Crippen molar-refractivity contribution in [2.75, 3.05) is 26.9 Å². The van der Waals surface area contributed by atoms with Gasteiger partial charge in [0.25, 0.3) is 0 Å². The maximum Gasteiger partial charge on any atom is 0.183 e. The molecular formula is C24H20F2O3. The third-order valence-corrected chi connectivity index (χ3v) is 4.78. The Morgan fingerprint density at radius 1 is 0.862 bits per heavy atom. The van der Waals surface area contributed by atoms with Gasteiger partial charge in [0, 0.05) is 29.7 Å². The first kappa shape index (κ1) is 19.5. The number of fused-ring (bicyclic) bond motifs is 1. The second-order valence-electron chi connectivity index (χ2n) is 7.02. The smallest absolute Gasteiger partial charge is 0.183 e. The van der Waals surface area contributed by atoms with Gasteiger partial charge in [-0.25, -0.2) is 8.78 Å². The molecule has 0 amide bonds. The lowest BCUT2D eigenvalue weighted by molar-refractivity contribution is -0.211. The molecule has 3 nitrogen and oxygen atoms in total.